The van der Waals surface area contributed by atoms with Crippen molar-refractivity contribution in [2.24, 2.45) is 0 Å². The van der Waals surface area contributed by atoms with Crippen LogP contribution in [-0.4, -0.2) is 31.1 Å². The van der Waals surface area contributed by atoms with Crippen LogP contribution >= 0.6 is 15.9 Å². The third kappa shape index (κ3) is 4.95. The minimum Gasteiger partial charge on any atom is -0.494 e. The van der Waals surface area contributed by atoms with E-state index in [4.69, 9.17) is 4.74 Å². The maximum absolute atomic E-state index is 5.85. The number of benzene rings is 2. The van der Waals surface area contributed by atoms with Gasteiger partial charge >= 0.3 is 0 Å². The minimum absolute atomic E-state index is 0.776. The Balaban J connectivity index is 1.46. The van der Waals surface area contributed by atoms with Crippen LogP contribution < -0.4 is 4.74 Å². The van der Waals surface area contributed by atoms with E-state index in [1.807, 2.05) is 0 Å². The molecule has 0 unspecified atom stereocenters. The molecule has 0 bridgehead atoms. The van der Waals surface area contributed by atoms with Crippen LogP contribution in [0.5, 0.6) is 5.75 Å². The minimum atomic E-state index is 0.776. The van der Waals surface area contributed by atoms with Gasteiger partial charge in [-0.15, -0.1) is 0 Å². The van der Waals surface area contributed by atoms with Gasteiger partial charge < -0.3 is 4.74 Å². The lowest BCUT2D eigenvalue weighted by molar-refractivity contribution is 0.247. The molecule has 3 rings (SSSR count). The van der Waals surface area contributed by atoms with E-state index in [0.29, 0.717) is 0 Å². The molecule has 1 aliphatic heterocycles. The maximum Gasteiger partial charge on any atom is 0.119 e. The van der Waals surface area contributed by atoms with E-state index >= 15 is 0 Å². The molecule has 0 saturated carbocycles. The van der Waals surface area contributed by atoms with Crippen LogP contribution in [-0.2, 0) is 0 Å². The second-order valence-corrected chi connectivity index (χ2v) is 6.71. The third-order valence-corrected chi connectivity index (χ3v) is 4.59. The highest BCUT2D eigenvalue weighted by Crippen LogP contribution is 2.24. The Kier molecular flexibility index (Phi) is 5.89. The van der Waals surface area contributed by atoms with E-state index < -0.39 is 0 Å². The van der Waals surface area contributed by atoms with Crippen LogP contribution in [0.1, 0.15) is 12.8 Å². The molecule has 1 heterocycles. The zero-order valence-electron chi connectivity index (χ0n) is 13.2. The molecule has 2 aromatic rings. The predicted molar refractivity (Wildman–Crippen MR) is 99.9 cm³/mol. The van der Waals surface area contributed by atoms with Gasteiger partial charge in [0.15, 0.2) is 0 Å². The van der Waals surface area contributed by atoms with Crippen molar-refractivity contribution >= 4 is 15.9 Å². The van der Waals surface area contributed by atoms with Gasteiger partial charge in [-0.05, 0) is 48.2 Å². The van der Waals surface area contributed by atoms with Crippen molar-refractivity contribution in [3.8, 4) is 16.9 Å². The van der Waals surface area contributed by atoms with Gasteiger partial charge in [-0.25, -0.2) is 0 Å². The summed E-state index contributed by atoms with van der Waals surface area (Å²) >= 11 is 3.47. The molecule has 0 N–H and O–H groups in total. The van der Waals surface area contributed by atoms with Crippen molar-refractivity contribution in [2.75, 3.05) is 26.2 Å². The predicted octanol–water partition coefficient (Wildman–Crippen LogP) is 5.15. The summed E-state index contributed by atoms with van der Waals surface area (Å²) in [5.74, 6) is 0.949. The zero-order chi connectivity index (χ0) is 15.9. The number of halogens is 1. The van der Waals surface area contributed by atoms with Crippen molar-refractivity contribution in [2.45, 2.75) is 12.8 Å². The van der Waals surface area contributed by atoms with Crippen molar-refractivity contribution < 1.29 is 4.74 Å². The Bertz CT molecular complexity index is 634. The SMILES string of the molecule is Brc1ccc(-c2ccc(OCCCN3CC=CCC3)cc2)cc1. The topological polar surface area (TPSA) is 12.5 Å². The maximum atomic E-state index is 5.85. The molecule has 0 spiro atoms. The van der Waals surface area contributed by atoms with E-state index in [1.165, 1.54) is 24.1 Å². The molecule has 0 radical (unpaired) electrons. The van der Waals surface area contributed by atoms with Gasteiger partial charge in [-0.1, -0.05) is 52.3 Å². The van der Waals surface area contributed by atoms with Crippen LogP contribution in [0.3, 0.4) is 0 Å². The first-order valence-corrected chi connectivity index (χ1v) is 8.97. The summed E-state index contributed by atoms with van der Waals surface area (Å²) in [5, 5.41) is 0. The van der Waals surface area contributed by atoms with Crippen molar-refractivity contribution in [1.29, 1.82) is 0 Å². The van der Waals surface area contributed by atoms with Crippen LogP contribution in [0.15, 0.2) is 65.2 Å². The molecule has 0 fully saturated rings. The normalized spacial score (nSPS) is 14.8. The second-order valence-electron chi connectivity index (χ2n) is 5.79. The fourth-order valence-electron chi connectivity index (χ4n) is 2.76. The summed E-state index contributed by atoms with van der Waals surface area (Å²) in [6.45, 7) is 4.15. The molecule has 0 atom stereocenters. The Hall–Kier alpha value is -1.58. The Morgan fingerprint density at radius 2 is 1.61 bits per heavy atom. The second kappa shape index (κ2) is 8.32. The zero-order valence-corrected chi connectivity index (χ0v) is 14.8. The molecule has 3 heteroatoms. The lowest BCUT2D eigenvalue weighted by Crippen LogP contribution is -2.29. The smallest absolute Gasteiger partial charge is 0.119 e. The standard InChI is InChI=1S/C20H22BrNO/c21-19-9-5-17(6-10-19)18-7-11-20(12-8-18)23-16-4-15-22-13-2-1-3-14-22/h1-2,5-12H,3-4,13-16H2. The van der Waals surface area contributed by atoms with Gasteiger partial charge in [-0.2, -0.15) is 0 Å². The highest BCUT2D eigenvalue weighted by Gasteiger charge is 2.05. The van der Waals surface area contributed by atoms with Crippen molar-refractivity contribution in [3.63, 3.8) is 0 Å². The summed E-state index contributed by atoms with van der Waals surface area (Å²) < 4.78 is 6.96. The number of hydrogen-bond acceptors (Lipinski definition) is 2. The molecule has 1 aliphatic rings. The Labute approximate surface area is 146 Å². The molecule has 2 nitrogen and oxygen atoms in total. The van der Waals surface area contributed by atoms with Crippen LogP contribution in [0, 0.1) is 0 Å². The molecule has 0 aliphatic carbocycles. The molecular formula is C20H22BrNO. The number of hydrogen-bond donors (Lipinski definition) is 0. The first-order chi connectivity index (χ1) is 11.3. The van der Waals surface area contributed by atoms with Crippen LogP contribution in [0.25, 0.3) is 11.1 Å². The van der Waals surface area contributed by atoms with E-state index in [9.17, 15) is 0 Å². The van der Waals surface area contributed by atoms with E-state index in [2.05, 4.69) is 81.5 Å². The average Bonchev–Trinajstić information content (AvgIpc) is 2.61. The van der Waals surface area contributed by atoms with Crippen molar-refractivity contribution in [1.82, 2.24) is 4.90 Å². The monoisotopic (exact) mass is 371 g/mol. The summed E-state index contributed by atoms with van der Waals surface area (Å²) in [5.41, 5.74) is 2.43. The molecule has 0 aromatic heterocycles. The molecular weight excluding hydrogens is 350 g/mol. The fourth-order valence-corrected chi connectivity index (χ4v) is 3.02. The summed E-state index contributed by atoms with van der Waals surface area (Å²) in [6.07, 6.45) is 6.77. The van der Waals surface area contributed by atoms with Crippen molar-refractivity contribution in [3.05, 3.63) is 65.2 Å². The first kappa shape index (κ1) is 16.3. The lowest BCUT2D eigenvalue weighted by atomic mass is 10.1. The molecule has 23 heavy (non-hydrogen) atoms. The Morgan fingerprint density at radius 1 is 0.913 bits per heavy atom. The van der Waals surface area contributed by atoms with Crippen LogP contribution in [0.4, 0.5) is 0 Å². The largest absolute Gasteiger partial charge is 0.494 e. The molecule has 120 valence electrons. The van der Waals surface area contributed by atoms with Gasteiger partial charge in [0, 0.05) is 24.1 Å². The van der Waals surface area contributed by atoms with Gasteiger partial charge in [0.2, 0.25) is 0 Å². The average molecular weight is 372 g/mol. The van der Waals surface area contributed by atoms with E-state index in [-0.39, 0.29) is 0 Å². The summed E-state index contributed by atoms with van der Waals surface area (Å²) in [4.78, 5) is 2.47. The fraction of sp³-hybridized carbons (Fsp3) is 0.300. The Morgan fingerprint density at radius 3 is 2.26 bits per heavy atom. The quantitative estimate of drug-likeness (QED) is 0.514. The highest BCUT2D eigenvalue weighted by molar-refractivity contribution is 9.10. The molecule has 0 saturated heterocycles. The molecule has 0 amide bonds. The van der Waals surface area contributed by atoms with E-state index in [1.54, 1.807) is 0 Å². The summed E-state index contributed by atoms with van der Waals surface area (Å²) in [7, 11) is 0. The van der Waals surface area contributed by atoms with Gasteiger partial charge in [0.05, 0.1) is 6.61 Å². The van der Waals surface area contributed by atoms with Gasteiger partial charge in [0.1, 0.15) is 5.75 Å². The lowest BCUT2D eigenvalue weighted by Gasteiger charge is -2.22. The number of ether oxygens (including phenoxy) is 1. The first-order valence-electron chi connectivity index (χ1n) is 8.17. The molecule has 2 aromatic carbocycles. The third-order valence-electron chi connectivity index (χ3n) is 4.06. The van der Waals surface area contributed by atoms with Gasteiger partial charge in [0.25, 0.3) is 0 Å². The number of rotatable bonds is 6. The highest BCUT2D eigenvalue weighted by atomic mass is 79.9. The van der Waals surface area contributed by atoms with Crippen LogP contribution in [0.2, 0.25) is 0 Å². The van der Waals surface area contributed by atoms with E-state index in [0.717, 1.165) is 36.3 Å². The summed E-state index contributed by atoms with van der Waals surface area (Å²) in [6, 6.07) is 16.7. The number of nitrogens with zero attached hydrogens (tertiary/aromatic N) is 1. The van der Waals surface area contributed by atoms with Gasteiger partial charge in [-0.3, -0.25) is 4.90 Å².